The largest absolute Gasteiger partial charge is 0.356 e. The fraction of sp³-hybridized carbons (Fsp3) is 0.429. The molecule has 1 aromatic heterocycles. The molecule has 6 aliphatic rings. The van der Waals surface area contributed by atoms with Crippen LogP contribution in [0.5, 0.6) is 0 Å². The van der Waals surface area contributed by atoms with E-state index in [2.05, 4.69) is 22.5 Å². The number of carbonyl (C=O) groups excluding carboxylic acids is 1. The van der Waals surface area contributed by atoms with E-state index < -0.39 is 0 Å². The normalized spacial score (nSPS) is 31.4. The number of anilines is 1. The second-order valence-electron chi connectivity index (χ2n) is 8.54. The van der Waals surface area contributed by atoms with Crippen molar-refractivity contribution in [2.45, 2.75) is 44.2 Å². The molecule has 0 saturated heterocycles. The van der Waals surface area contributed by atoms with Crippen LogP contribution in [0.15, 0.2) is 40.6 Å². The number of hydrogen-bond acceptors (Lipinski definition) is 6. The Hall–Kier alpha value is -2.72. The summed E-state index contributed by atoms with van der Waals surface area (Å²) in [7, 11) is 0. The lowest BCUT2D eigenvalue weighted by molar-refractivity contribution is -0.124. The Labute approximate surface area is 167 Å². The van der Waals surface area contributed by atoms with Crippen LogP contribution < -0.4 is 5.32 Å². The van der Waals surface area contributed by atoms with Crippen molar-refractivity contribution in [2.24, 2.45) is 10.4 Å². The molecule has 4 aliphatic carbocycles. The predicted molar refractivity (Wildman–Crippen MR) is 107 cm³/mol. The van der Waals surface area contributed by atoms with Crippen molar-refractivity contribution in [2.75, 3.05) is 11.9 Å². The topological polar surface area (TPSA) is 81.4 Å². The minimum atomic E-state index is -0.0637. The van der Waals surface area contributed by atoms with Gasteiger partial charge in [0.2, 0.25) is 0 Å². The molecule has 28 heavy (non-hydrogen) atoms. The zero-order chi connectivity index (χ0) is 18.9. The fourth-order valence-corrected chi connectivity index (χ4v) is 6.24. The Balaban J connectivity index is 1.15. The summed E-state index contributed by atoms with van der Waals surface area (Å²) in [5.74, 6) is 0.00624. The van der Waals surface area contributed by atoms with Gasteiger partial charge in [-0.05, 0) is 43.4 Å². The van der Waals surface area contributed by atoms with Crippen molar-refractivity contribution in [1.29, 1.82) is 5.26 Å². The van der Waals surface area contributed by atoms with Crippen LogP contribution >= 0.6 is 11.3 Å². The fourth-order valence-electron chi connectivity index (χ4n) is 5.09. The van der Waals surface area contributed by atoms with Gasteiger partial charge in [-0.15, -0.1) is 0 Å². The number of aliphatic imine (C=N–C) groups is 1. The van der Waals surface area contributed by atoms with E-state index in [4.69, 9.17) is 4.98 Å². The number of nitriles is 1. The third-order valence-corrected chi connectivity index (χ3v) is 7.48. The Morgan fingerprint density at radius 3 is 3.00 bits per heavy atom. The van der Waals surface area contributed by atoms with Crippen molar-refractivity contribution in [3.63, 3.8) is 0 Å². The van der Waals surface area contributed by atoms with Gasteiger partial charge in [0, 0.05) is 23.4 Å². The van der Waals surface area contributed by atoms with Crippen LogP contribution in [0.3, 0.4) is 0 Å². The van der Waals surface area contributed by atoms with Crippen LogP contribution in [0.25, 0.3) is 0 Å². The van der Waals surface area contributed by atoms with Gasteiger partial charge in [0.15, 0.2) is 5.13 Å². The second-order valence-corrected chi connectivity index (χ2v) is 9.63. The quantitative estimate of drug-likeness (QED) is 0.861. The van der Waals surface area contributed by atoms with Gasteiger partial charge >= 0.3 is 0 Å². The van der Waals surface area contributed by atoms with Crippen LogP contribution in [-0.2, 0) is 17.8 Å². The van der Waals surface area contributed by atoms with Crippen LogP contribution in [0, 0.1) is 16.7 Å². The van der Waals surface area contributed by atoms with Crippen LogP contribution in [-0.4, -0.2) is 33.6 Å². The van der Waals surface area contributed by atoms with E-state index in [1.54, 1.807) is 11.3 Å². The molecule has 0 aromatic carbocycles. The summed E-state index contributed by atoms with van der Waals surface area (Å²) in [6, 6.07) is 2.44. The number of hydrogen-bond donors (Lipinski definition) is 1. The Morgan fingerprint density at radius 1 is 1.36 bits per heavy atom. The summed E-state index contributed by atoms with van der Waals surface area (Å²) >= 11 is 1.65. The lowest BCUT2D eigenvalue weighted by atomic mass is 9.40. The lowest BCUT2D eigenvalue weighted by Crippen LogP contribution is -2.70. The lowest BCUT2D eigenvalue weighted by Gasteiger charge is -2.67. The molecule has 140 valence electrons. The molecular formula is C21H19N5OS. The maximum absolute atomic E-state index is 13.0. The smallest absolute Gasteiger partial charge is 0.272 e. The van der Waals surface area contributed by atoms with Crippen LogP contribution in [0.1, 0.15) is 36.3 Å². The number of nitrogens with one attached hydrogen (secondary N) is 1. The molecule has 0 unspecified atom stereocenters. The average molecular weight is 389 g/mol. The Kier molecular flexibility index (Phi) is 3.15. The van der Waals surface area contributed by atoms with Crippen LogP contribution in [0.2, 0.25) is 0 Å². The van der Waals surface area contributed by atoms with Crippen molar-refractivity contribution in [3.05, 3.63) is 46.1 Å². The number of carbonyl (C=O) groups is 1. The predicted octanol–water partition coefficient (Wildman–Crippen LogP) is 3.11. The van der Waals surface area contributed by atoms with Gasteiger partial charge in [-0.2, -0.15) is 5.26 Å². The molecule has 6 nitrogen and oxygen atoms in total. The maximum atomic E-state index is 13.0. The van der Waals surface area contributed by atoms with Crippen molar-refractivity contribution < 1.29 is 4.79 Å². The zero-order valence-electron chi connectivity index (χ0n) is 15.4. The minimum Gasteiger partial charge on any atom is -0.356 e. The van der Waals surface area contributed by atoms with Crippen molar-refractivity contribution in [1.82, 2.24) is 9.88 Å². The minimum absolute atomic E-state index is 0.00624. The van der Waals surface area contributed by atoms with Crippen molar-refractivity contribution in [3.8, 4) is 6.07 Å². The Morgan fingerprint density at radius 2 is 2.21 bits per heavy atom. The van der Waals surface area contributed by atoms with E-state index in [0.717, 1.165) is 59.1 Å². The molecule has 2 aliphatic heterocycles. The highest BCUT2D eigenvalue weighted by molar-refractivity contribution is 7.15. The van der Waals surface area contributed by atoms with Gasteiger partial charge in [0.05, 0.1) is 29.4 Å². The first kappa shape index (κ1) is 16.3. The first-order chi connectivity index (χ1) is 13.6. The summed E-state index contributed by atoms with van der Waals surface area (Å²) < 4.78 is 0. The highest BCUT2D eigenvalue weighted by atomic mass is 32.1. The highest BCUT2D eigenvalue weighted by Crippen LogP contribution is 2.68. The van der Waals surface area contributed by atoms with E-state index in [9.17, 15) is 10.1 Å². The number of fused-ring (bicyclic) bond motifs is 2. The van der Waals surface area contributed by atoms with Gasteiger partial charge in [-0.25, -0.2) is 9.98 Å². The first-order valence-electron chi connectivity index (χ1n) is 9.71. The summed E-state index contributed by atoms with van der Waals surface area (Å²) in [5, 5.41) is 13.7. The monoisotopic (exact) mass is 389 g/mol. The van der Waals surface area contributed by atoms with E-state index in [1.807, 2.05) is 23.1 Å². The maximum Gasteiger partial charge on any atom is 0.272 e. The molecule has 3 fully saturated rings. The molecule has 3 heterocycles. The molecule has 7 rings (SSSR count). The zero-order valence-corrected chi connectivity index (χ0v) is 16.2. The van der Waals surface area contributed by atoms with E-state index in [-0.39, 0.29) is 16.9 Å². The molecule has 3 saturated carbocycles. The van der Waals surface area contributed by atoms with Gasteiger partial charge in [0.25, 0.3) is 5.91 Å². The van der Waals surface area contributed by atoms with Crippen molar-refractivity contribution >= 4 is 28.1 Å². The Bertz CT molecular complexity index is 1060. The molecule has 7 heteroatoms. The molecule has 1 aromatic rings. The standard InChI is InChI=1S/C21H19N5OS/c22-12-20-9-21(10-20,11-20)25-19-24-15-5-6-26(8-17(15)28-19)18(27)16-7-13-3-1-2-4-14(13)23-16/h1-2,4,7H,3,5-6,8-11H2,(H,24,25). The third-order valence-electron chi connectivity index (χ3n) is 6.49. The summed E-state index contributed by atoms with van der Waals surface area (Å²) in [5.41, 5.74) is 3.72. The number of rotatable bonds is 3. The number of aromatic nitrogens is 1. The van der Waals surface area contributed by atoms with Gasteiger partial charge < -0.3 is 10.2 Å². The van der Waals surface area contributed by atoms with Gasteiger partial charge in [0.1, 0.15) is 5.71 Å². The van der Waals surface area contributed by atoms with E-state index >= 15 is 0 Å². The summed E-state index contributed by atoms with van der Waals surface area (Å²) in [4.78, 5) is 25.3. The molecule has 1 N–H and O–H groups in total. The third kappa shape index (κ3) is 2.27. The number of thiazole rings is 1. The van der Waals surface area contributed by atoms with E-state index in [0.29, 0.717) is 18.8 Å². The molecule has 0 atom stereocenters. The number of allylic oxidation sites excluding steroid dienone is 4. The van der Waals surface area contributed by atoms with E-state index in [1.165, 1.54) is 0 Å². The second kappa shape index (κ2) is 5.42. The molecule has 2 bridgehead atoms. The number of amides is 1. The summed E-state index contributed by atoms with van der Waals surface area (Å²) in [6.45, 7) is 1.28. The highest BCUT2D eigenvalue weighted by Gasteiger charge is 2.69. The first-order valence-corrected chi connectivity index (χ1v) is 10.5. The molecule has 0 spiro atoms. The summed E-state index contributed by atoms with van der Waals surface area (Å²) in [6.07, 6.45) is 12.4. The molecule has 1 amide bonds. The van der Waals surface area contributed by atoms with Gasteiger partial charge in [-0.3, -0.25) is 4.79 Å². The number of nitrogens with zero attached hydrogens (tertiary/aromatic N) is 4. The molecular weight excluding hydrogens is 370 g/mol. The molecule has 0 radical (unpaired) electrons. The average Bonchev–Trinajstić information content (AvgIpc) is 3.25. The van der Waals surface area contributed by atoms with Gasteiger partial charge in [-0.1, -0.05) is 23.5 Å². The van der Waals surface area contributed by atoms with Crippen LogP contribution in [0.4, 0.5) is 5.13 Å². The SMILES string of the molecule is N#CC12CC(Nc3nc4c(s3)CN(C(=O)C3=NC5=CC=CCC5=C3)CC4)(C1)C2.